The van der Waals surface area contributed by atoms with Crippen molar-refractivity contribution in [2.75, 3.05) is 0 Å². The predicted octanol–water partition coefficient (Wildman–Crippen LogP) is 2.10. The normalized spacial score (nSPS) is 14.8. The number of imidazole rings is 1. The molecule has 1 aliphatic carbocycles. The van der Waals surface area contributed by atoms with Gasteiger partial charge in [-0.1, -0.05) is 0 Å². The summed E-state index contributed by atoms with van der Waals surface area (Å²) in [4.78, 5) is 21.5. The van der Waals surface area contributed by atoms with E-state index in [1.807, 2.05) is 0 Å². The summed E-state index contributed by atoms with van der Waals surface area (Å²) >= 11 is 0. The topological polar surface area (TPSA) is 61.5 Å². The molecule has 82 valence electrons. The molecular formula is C12H13N3O. The molecular weight excluding hydrogens is 202 g/mol. The lowest BCUT2D eigenvalue weighted by Crippen LogP contribution is -2.02. The van der Waals surface area contributed by atoms with Crippen molar-refractivity contribution in [2.45, 2.75) is 25.7 Å². The first-order valence-corrected chi connectivity index (χ1v) is 5.59. The van der Waals surface area contributed by atoms with Gasteiger partial charge in [-0.15, -0.1) is 0 Å². The molecule has 2 N–H and O–H groups in total. The van der Waals surface area contributed by atoms with Crippen molar-refractivity contribution in [2.24, 2.45) is 0 Å². The van der Waals surface area contributed by atoms with Gasteiger partial charge in [0.15, 0.2) is 12.1 Å². The minimum atomic E-state index is 0.723. The molecule has 3 rings (SSSR count). The Morgan fingerprint density at radius 1 is 1.25 bits per heavy atom. The minimum Gasteiger partial charge on any atom is -0.349 e. The van der Waals surface area contributed by atoms with Crippen molar-refractivity contribution in [3.63, 3.8) is 0 Å². The Labute approximate surface area is 93.1 Å². The van der Waals surface area contributed by atoms with E-state index in [2.05, 4.69) is 15.0 Å². The lowest BCUT2D eigenvalue weighted by atomic mass is 9.92. The van der Waals surface area contributed by atoms with Crippen LogP contribution in [0.5, 0.6) is 0 Å². The number of aromatic amines is 2. The lowest BCUT2D eigenvalue weighted by molar-refractivity contribution is 0.111. The van der Waals surface area contributed by atoms with E-state index in [-0.39, 0.29) is 0 Å². The zero-order valence-corrected chi connectivity index (χ0v) is 8.92. The van der Waals surface area contributed by atoms with Gasteiger partial charge >= 0.3 is 0 Å². The van der Waals surface area contributed by atoms with Gasteiger partial charge in [0, 0.05) is 12.4 Å². The van der Waals surface area contributed by atoms with Gasteiger partial charge in [-0.2, -0.15) is 0 Å². The van der Waals surface area contributed by atoms with Crippen LogP contribution in [0.2, 0.25) is 0 Å². The Balaban J connectivity index is 2.18. The number of nitrogens with zero attached hydrogens (tertiary/aromatic N) is 1. The van der Waals surface area contributed by atoms with E-state index in [4.69, 9.17) is 0 Å². The molecule has 2 aromatic rings. The van der Waals surface area contributed by atoms with Gasteiger partial charge in [-0.3, -0.25) is 4.79 Å². The third kappa shape index (κ3) is 1.30. The van der Waals surface area contributed by atoms with E-state index < -0.39 is 0 Å². The smallest absolute Gasteiger partial charge is 0.166 e. The zero-order chi connectivity index (χ0) is 11.0. The Hall–Kier alpha value is -1.84. The van der Waals surface area contributed by atoms with Crippen LogP contribution in [0.25, 0.3) is 11.5 Å². The Morgan fingerprint density at radius 2 is 2.06 bits per heavy atom. The molecule has 0 unspecified atom stereocenters. The number of aldehydes is 1. The van der Waals surface area contributed by atoms with Crippen molar-refractivity contribution in [3.05, 3.63) is 29.2 Å². The first-order chi connectivity index (χ1) is 7.90. The third-order valence-corrected chi connectivity index (χ3v) is 3.21. The number of nitrogens with one attached hydrogen (secondary N) is 2. The van der Waals surface area contributed by atoms with Crippen LogP contribution >= 0.6 is 0 Å². The van der Waals surface area contributed by atoms with Gasteiger partial charge in [-0.25, -0.2) is 4.98 Å². The highest BCUT2D eigenvalue weighted by Crippen LogP contribution is 2.31. The Bertz CT molecular complexity index is 511. The molecule has 0 aliphatic heterocycles. The molecule has 0 aromatic carbocycles. The SMILES string of the molecule is O=Cc1[nH]c(-c2ncc[nH]2)c2c1CCCC2. The van der Waals surface area contributed by atoms with Crippen LogP contribution in [0.3, 0.4) is 0 Å². The first-order valence-electron chi connectivity index (χ1n) is 5.59. The summed E-state index contributed by atoms with van der Waals surface area (Å²) in [5, 5.41) is 0. The van der Waals surface area contributed by atoms with Crippen molar-refractivity contribution in [1.82, 2.24) is 15.0 Å². The number of hydrogen-bond acceptors (Lipinski definition) is 2. The van der Waals surface area contributed by atoms with Gasteiger partial charge in [0.1, 0.15) is 0 Å². The third-order valence-electron chi connectivity index (χ3n) is 3.21. The number of H-pyrrole nitrogens is 2. The van der Waals surface area contributed by atoms with Crippen molar-refractivity contribution in [1.29, 1.82) is 0 Å². The highest BCUT2D eigenvalue weighted by atomic mass is 16.1. The summed E-state index contributed by atoms with van der Waals surface area (Å²) < 4.78 is 0. The standard InChI is InChI=1S/C12H13N3O/c16-7-10-8-3-1-2-4-9(8)11(15-10)12-13-5-6-14-12/h5-7,15H,1-4H2,(H,13,14). The number of rotatable bonds is 2. The summed E-state index contributed by atoms with van der Waals surface area (Å²) in [7, 11) is 0. The average Bonchev–Trinajstić information content (AvgIpc) is 2.95. The zero-order valence-electron chi connectivity index (χ0n) is 8.92. The van der Waals surface area contributed by atoms with E-state index >= 15 is 0 Å². The van der Waals surface area contributed by atoms with E-state index in [0.717, 1.165) is 36.3 Å². The molecule has 0 fully saturated rings. The van der Waals surface area contributed by atoms with Crippen molar-refractivity contribution < 1.29 is 4.79 Å². The van der Waals surface area contributed by atoms with E-state index in [1.165, 1.54) is 24.0 Å². The molecule has 0 bridgehead atoms. The van der Waals surface area contributed by atoms with E-state index in [9.17, 15) is 4.79 Å². The van der Waals surface area contributed by atoms with Crippen LogP contribution in [0.1, 0.15) is 34.5 Å². The highest BCUT2D eigenvalue weighted by Gasteiger charge is 2.21. The second kappa shape index (κ2) is 3.63. The summed E-state index contributed by atoms with van der Waals surface area (Å²) in [6, 6.07) is 0. The van der Waals surface area contributed by atoms with E-state index in [0.29, 0.717) is 0 Å². The van der Waals surface area contributed by atoms with Crippen LogP contribution in [-0.4, -0.2) is 21.2 Å². The predicted molar refractivity (Wildman–Crippen MR) is 60.4 cm³/mol. The Kier molecular flexibility index (Phi) is 2.13. The summed E-state index contributed by atoms with van der Waals surface area (Å²) in [5.41, 5.74) is 4.17. The van der Waals surface area contributed by atoms with Crippen LogP contribution in [0.15, 0.2) is 12.4 Å². The summed E-state index contributed by atoms with van der Waals surface area (Å²) in [6.07, 6.45) is 8.84. The summed E-state index contributed by atoms with van der Waals surface area (Å²) in [5.74, 6) is 0.825. The van der Waals surface area contributed by atoms with Gasteiger partial charge in [0.2, 0.25) is 0 Å². The lowest BCUT2D eigenvalue weighted by Gasteiger charge is -2.12. The van der Waals surface area contributed by atoms with Gasteiger partial charge in [0.25, 0.3) is 0 Å². The maximum absolute atomic E-state index is 11.0. The fourth-order valence-corrected chi connectivity index (χ4v) is 2.47. The maximum atomic E-state index is 11.0. The Morgan fingerprint density at radius 3 is 2.75 bits per heavy atom. The average molecular weight is 215 g/mol. The molecule has 0 spiro atoms. The minimum absolute atomic E-state index is 0.723. The summed E-state index contributed by atoms with van der Waals surface area (Å²) in [6.45, 7) is 0. The quantitative estimate of drug-likeness (QED) is 0.753. The van der Waals surface area contributed by atoms with Gasteiger partial charge in [-0.05, 0) is 36.8 Å². The molecule has 4 heteroatoms. The van der Waals surface area contributed by atoms with Crippen LogP contribution in [0.4, 0.5) is 0 Å². The number of carbonyl (C=O) groups is 1. The van der Waals surface area contributed by atoms with Crippen LogP contribution in [-0.2, 0) is 12.8 Å². The van der Waals surface area contributed by atoms with Crippen LogP contribution in [0, 0.1) is 0 Å². The molecule has 0 saturated carbocycles. The number of fused-ring (bicyclic) bond motifs is 1. The van der Waals surface area contributed by atoms with Crippen molar-refractivity contribution >= 4 is 6.29 Å². The molecule has 0 atom stereocenters. The second-order valence-corrected chi connectivity index (χ2v) is 4.13. The fraction of sp³-hybridized carbons (Fsp3) is 0.333. The molecule has 4 nitrogen and oxygen atoms in total. The van der Waals surface area contributed by atoms with E-state index in [1.54, 1.807) is 12.4 Å². The molecule has 0 saturated heterocycles. The highest BCUT2D eigenvalue weighted by molar-refractivity contribution is 5.79. The molecule has 2 heterocycles. The molecule has 16 heavy (non-hydrogen) atoms. The molecule has 2 aromatic heterocycles. The number of hydrogen-bond donors (Lipinski definition) is 2. The number of aromatic nitrogens is 3. The maximum Gasteiger partial charge on any atom is 0.166 e. The van der Waals surface area contributed by atoms with Crippen LogP contribution < -0.4 is 0 Å². The molecule has 1 aliphatic rings. The number of carbonyl (C=O) groups excluding carboxylic acids is 1. The molecule has 0 radical (unpaired) electrons. The van der Waals surface area contributed by atoms with Gasteiger partial charge in [0.05, 0.1) is 11.4 Å². The monoisotopic (exact) mass is 215 g/mol. The largest absolute Gasteiger partial charge is 0.349 e. The first kappa shape index (κ1) is 9.39. The van der Waals surface area contributed by atoms with Crippen molar-refractivity contribution in [3.8, 4) is 11.5 Å². The second-order valence-electron chi connectivity index (χ2n) is 4.13. The fourth-order valence-electron chi connectivity index (χ4n) is 2.47. The molecule has 0 amide bonds. The van der Waals surface area contributed by atoms with Gasteiger partial charge < -0.3 is 9.97 Å².